The van der Waals surface area contributed by atoms with Gasteiger partial charge in [0.25, 0.3) is 0 Å². The summed E-state index contributed by atoms with van der Waals surface area (Å²) in [6.45, 7) is 2.21. The molecule has 0 radical (unpaired) electrons. The van der Waals surface area contributed by atoms with Crippen LogP contribution in [0.2, 0.25) is 0 Å². The number of methoxy groups -OCH3 is 1. The molecular formula is C13H22N2O. The molecule has 3 nitrogen and oxygen atoms in total. The van der Waals surface area contributed by atoms with E-state index in [2.05, 4.69) is 24.5 Å². The zero-order chi connectivity index (χ0) is 11.8. The number of unbranched alkanes of at least 4 members (excludes halogenated alkanes) is 2. The highest BCUT2D eigenvalue weighted by atomic mass is 16.5. The summed E-state index contributed by atoms with van der Waals surface area (Å²) in [5.74, 6) is 6.46. The van der Waals surface area contributed by atoms with E-state index in [4.69, 9.17) is 10.6 Å². The summed E-state index contributed by atoms with van der Waals surface area (Å²) < 4.78 is 5.13. The Morgan fingerprint density at radius 2 is 1.94 bits per heavy atom. The first-order chi connectivity index (χ1) is 7.81. The lowest BCUT2D eigenvalue weighted by molar-refractivity contribution is 0.414. The van der Waals surface area contributed by atoms with Gasteiger partial charge >= 0.3 is 0 Å². The fraction of sp³-hybridized carbons (Fsp3) is 0.538. The van der Waals surface area contributed by atoms with E-state index in [1.807, 2.05) is 12.1 Å². The first kappa shape index (κ1) is 13.0. The summed E-state index contributed by atoms with van der Waals surface area (Å²) in [6, 6.07) is 8.32. The normalized spacial score (nSPS) is 12.4. The van der Waals surface area contributed by atoms with Gasteiger partial charge in [-0.2, -0.15) is 0 Å². The number of rotatable bonds is 7. The minimum atomic E-state index is 0.248. The number of nitrogens with two attached hydrogens (primary N) is 1. The van der Waals surface area contributed by atoms with Crippen molar-refractivity contribution in [2.24, 2.45) is 5.84 Å². The molecule has 1 aromatic carbocycles. The standard InChI is InChI=1S/C13H22N2O/c1-3-4-5-6-13(15-14)11-7-9-12(16-2)10-8-11/h7-10,13,15H,3-6,14H2,1-2H3. The van der Waals surface area contributed by atoms with Crippen molar-refractivity contribution in [1.82, 2.24) is 5.43 Å². The Balaban J connectivity index is 2.56. The fourth-order valence-corrected chi connectivity index (χ4v) is 1.78. The molecule has 0 bridgehead atoms. The number of ether oxygens (including phenoxy) is 1. The molecular weight excluding hydrogens is 200 g/mol. The van der Waals surface area contributed by atoms with Crippen LogP contribution in [0.15, 0.2) is 24.3 Å². The van der Waals surface area contributed by atoms with E-state index >= 15 is 0 Å². The average Bonchev–Trinajstić information content (AvgIpc) is 2.35. The lowest BCUT2D eigenvalue weighted by Crippen LogP contribution is -2.27. The number of hydrazine groups is 1. The van der Waals surface area contributed by atoms with Gasteiger partial charge in [-0.05, 0) is 24.1 Å². The largest absolute Gasteiger partial charge is 0.497 e. The molecule has 1 rings (SSSR count). The SMILES string of the molecule is CCCCCC(NN)c1ccc(OC)cc1. The van der Waals surface area contributed by atoms with E-state index in [-0.39, 0.29) is 6.04 Å². The lowest BCUT2D eigenvalue weighted by Gasteiger charge is -2.16. The van der Waals surface area contributed by atoms with E-state index in [0.717, 1.165) is 12.2 Å². The van der Waals surface area contributed by atoms with E-state index < -0.39 is 0 Å². The van der Waals surface area contributed by atoms with Gasteiger partial charge in [-0.15, -0.1) is 0 Å². The fourth-order valence-electron chi connectivity index (χ4n) is 1.78. The van der Waals surface area contributed by atoms with Crippen LogP contribution in [-0.2, 0) is 0 Å². The van der Waals surface area contributed by atoms with Gasteiger partial charge in [0.15, 0.2) is 0 Å². The van der Waals surface area contributed by atoms with Gasteiger partial charge in [0.1, 0.15) is 5.75 Å². The maximum Gasteiger partial charge on any atom is 0.118 e. The zero-order valence-electron chi connectivity index (χ0n) is 10.2. The molecule has 0 fully saturated rings. The molecule has 0 spiro atoms. The van der Waals surface area contributed by atoms with Crippen LogP contribution in [0, 0.1) is 0 Å². The van der Waals surface area contributed by atoms with E-state index in [9.17, 15) is 0 Å². The molecule has 0 saturated heterocycles. The molecule has 1 aromatic rings. The van der Waals surface area contributed by atoms with Crippen molar-refractivity contribution in [2.75, 3.05) is 7.11 Å². The topological polar surface area (TPSA) is 47.3 Å². The first-order valence-corrected chi connectivity index (χ1v) is 5.92. The van der Waals surface area contributed by atoms with Crippen LogP contribution < -0.4 is 16.0 Å². The Morgan fingerprint density at radius 3 is 2.44 bits per heavy atom. The van der Waals surface area contributed by atoms with Crippen molar-refractivity contribution in [1.29, 1.82) is 0 Å². The summed E-state index contributed by atoms with van der Waals surface area (Å²) in [6.07, 6.45) is 4.78. The number of nitrogens with one attached hydrogen (secondary N) is 1. The molecule has 3 N–H and O–H groups in total. The summed E-state index contributed by atoms with van der Waals surface area (Å²) in [4.78, 5) is 0. The number of hydrogen-bond donors (Lipinski definition) is 2. The van der Waals surface area contributed by atoms with Crippen LogP contribution in [-0.4, -0.2) is 7.11 Å². The molecule has 3 heteroatoms. The third-order valence-electron chi connectivity index (χ3n) is 2.82. The van der Waals surface area contributed by atoms with Gasteiger partial charge in [-0.25, -0.2) is 0 Å². The predicted octanol–water partition coefficient (Wildman–Crippen LogP) is 2.78. The zero-order valence-corrected chi connectivity index (χ0v) is 10.2. The van der Waals surface area contributed by atoms with Crippen molar-refractivity contribution in [3.63, 3.8) is 0 Å². The highest BCUT2D eigenvalue weighted by Gasteiger charge is 2.08. The van der Waals surface area contributed by atoms with E-state index in [0.29, 0.717) is 0 Å². The minimum absolute atomic E-state index is 0.248. The molecule has 16 heavy (non-hydrogen) atoms. The van der Waals surface area contributed by atoms with Crippen LogP contribution in [0.1, 0.15) is 44.2 Å². The quantitative estimate of drug-likeness (QED) is 0.423. The van der Waals surface area contributed by atoms with Crippen molar-refractivity contribution < 1.29 is 4.74 Å². The predicted molar refractivity (Wildman–Crippen MR) is 67.2 cm³/mol. The summed E-state index contributed by atoms with van der Waals surface area (Å²) >= 11 is 0. The molecule has 90 valence electrons. The third kappa shape index (κ3) is 3.83. The second-order valence-corrected chi connectivity index (χ2v) is 3.99. The molecule has 0 amide bonds. The lowest BCUT2D eigenvalue weighted by atomic mass is 10.0. The summed E-state index contributed by atoms with van der Waals surface area (Å²) in [7, 11) is 1.68. The van der Waals surface area contributed by atoms with E-state index in [1.54, 1.807) is 7.11 Å². The molecule has 0 aromatic heterocycles. The van der Waals surface area contributed by atoms with Crippen molar-refractivity contribution >= 4 is 0 Å². The molecule has 1 unspecified atom stereocenters. The second-order valence-electron chi connectivity index (χ2n) is 3.99. The van der Waals surface area contributed by atoms with Gasteiger partial charge in [-0.3, -0.25) is 11.3 Å². The Bertz CT molecular complexity index is 284. The minimum Gasteiger partial charge on any atom is -0.497 e. The highest BCUT2D eigenvalue weighted by molar-refractivity contribution is 5.28. The van der Waals surface area contributed by atoms with Crippen LogP contribution in [0.5, 0.6) is 5.75 Å². The monoisotopic (exact) mass is 222 g/mol. The average molecular weight is 222 g/mol. The first-order valence-electron chi connectivity index (χ1n) is 5.92. The van der Waals surface area contributed by atoms with Crippen LogP contribution in [0.25, 0.3) is 0 Å². The number of benzene rings is 1. The number of hydrogen-bond acceptors (Lipinski definition) is 3. The second kappa shape index (κ2) is 7.25. The van der Waals surface area contributed by atoms with Crippen LogP contribution in [0.3, 0.4) is 0 Å². The van der Waals surface area contributed by atoms with Gasteiger partial charge in [0, 0.05) is 6.04 Å². The van der Waals surface area contributed by atoms with Gasteiger partial charge in [0.2, 0.25) is 0 Å². The van der Waals surface area contributed by atoms with Gasteiger partial charge in [-0.1, -0.05) is 38.3 Å². The summed E-state index contributed by atoms with van der Waals surface area (Å²) in [5, 5.41) is 0. The molecule has 0 heterocycles. The molecule has 0 aliphatic rings. The van der Waals surface area contributed by atoms with Gasteiger partial charge in [0.05, 0.1) is 7.11 Å². The third-order valence-corrected chi connectivity index (χ3v) is 2.82. The Labute approximate surface area is 98.0 Å². The van der Waals surface area contributed by atoms with Crippen molar-refractivity contribution in [3.8, 4) is 5.75 Å². The Hall–Kier alpha value is -1.06. The maximum absolute atomic E-state index is 5.58. The van der Waals surface area contributed by atoms with Crippen molar-refractivity contribution in [2.45, 2.75) is 38.6 Å². The van der Waals surface area contributed by atoms with Crippen LogP contribution >= 0.6 is 0 Å². The smallest absolute Gasteiger partial charge is 0.118 e. The van der Waals surface area contributed by atoms with Gasteiger partial charge < -0.3 is 4.74 Å². The Kier molecular flexibility index (Phi) is 5.90. The Morgan fingerprint density at radius 1 is 1.25 bits per heavy atom. The molecule has 0 saturated carbocycles. The highest BCUT2D eigenvalue weighted by Crippen LogP contribution is 2.21. The summed E-state index contributed by atoms with van der Waals surface area (Å²) in [5.41, 5.74) is 4.10. The molecule has 0 aliphatic carbocycles. The van der Waals surface area contributed by atoms with E-state index in [1.165, 1.54) is 24.8 Å². The van der Waals surface area contributed by atoms with Crippen LogP contribution in [0.4, 0.5) is 0 Å². The van der Waals surface area contributed by atoms with Crippen molar-refractivity contribution in [3.05, 3.63) is 29.8 Å². The maximum atomic E-state index is 5.58. The molecule has 1 atom stereocenters. The molecule has 0 aliphatic heterocycles.